The largest absolute Gasteiger partial charge is 0.354 e. The Labute approximate surface area is 177 Å². The molecule has 1 saturated heterocycles. The molecule has 0 aliphatic carbocycles. The number of carbonyl (C=O) groups is 1. The van der Waals surface area contributed by atoms with Crippen LogP contribution in [0.5, 0.6) is 0 Å². The third-order valence-electron chi connectivity index (χ3n) is 5.42. The summed E-state index contributed by atoms with van der Waals surface area (Å²) in [6.45, 7) is 4.62. The number of para-hydroxylation sites is 1. The molecule has 0 bridgehead atoms. The number of pyridine rings is 1. The van der Waals surface area contributed by atoms with Crippen molar-refractivity contribution in [2.45, 2.75) is 19.4 Å². The number of hydrogen-bond acceptors (Lipinski definition) is 5. The third-order valence-corrected chi connectivity index (χ3v) is 5.42. The van der Waals surface area contributed by atoms with Crippen molar-refractivity contribution in [3.63, 3.8) is 0 Å². The molecular weight excluding hydrogens is 376 g/mol. The quantitative estimate of drug-likeness (QED) is 0.654. The van der Waals surface area contributed by atoms with Crippen LogP contribution in [0.1, 0.15) is 17.5 Å². The molecule has 1 aliphatic rings. The van der Waals surface area contributed by atoms with E-state index in [1.807, 2.05) is 65.7 Å². The zero-order valence-electron chi connectivity index (χ0n) is 17.4. The van der Waals surface area contributed by atoms with Gasteiger partial charge in [0.25, 0.3) is 0 Å². The second-order valence-corrected chi connectivity index (χ2v) is 7.72. The van der Waals surface area contributed by atoms with E-state index >= 15 is 0 Å². The van der Waals surface area contributed by atoms with Crippen molar-refractivity contribution in [1.29, 1.82) is 0 Å². The molecule has 0 spiro atoms. The molecule has 1 fully saturated rings. The van der Waals surface area contributed by atoms with Crippen LogP contribution in [0.2, 0.25) is 0 Å². The first kappa shape index (κ1) is 20.1. The van der Waals surface area contributed by atoms with Crippen LogP contribution in [0.25, 0.3) is 5.69 Å². The molecule has 2 aromatic heterocycles. The minimum absolute atomic E-state index is 0.0330. The number of aromatic nitrogens is 3. The Balaban J connectivity index is 1.22. The van der Waals surface area contributed by atoms with E-state index in [0.717, 1.165) is 48.8 Å². The van der Waals surface area contributed by atoms with E-state index in [1.165, 1.54) is 0 Å². The van der Waals surface area contributed by atoms with Crippen LogP contribution < -0.4 is 10.2 Å². The fourth-order valence-electron chi connectivity index (χ4n) is 3.50. The zero-order valence-corrected chi connectivity index (χ0v) is 17.4. The fourth-order valence-corrected chi connectivity index (χ4v) is 3.50. The van der Waals surface area contributed by atoms with E-state index in [9.17, 15) is 4.79 Å². The molecule has 1 aromatic carbocycles. The number of benzene rings is 1. The highest BCUT2D eigenvalue weighted by molar-refractivity contribution is 5.76. The Hall–Kier alpha value is -3.19. The summed E-state index contributed by atoms with van der Waals surface area (Å²) in [7, 11) is 2.14. The van der Waals surface area contributed by atoms with Gasteiger partial charge >= 0.3 is 0 Å². The van der Waals surface area contributed by atoms with E-state index in [4.69, 9.17) is 0 Å². The van der Waals surface area contributed by atoms with Crippen molar-refractivity contribution in [2.24, 2.45) is 0 Å². The topological polar surface area (TPSA) is 66.3 Å². The number of carbonyl (C=O) groups excluding carboxylic acids is 1. The Morgan fingerprint density at radius 3 is 2.53 bits per heavy atom. The Morgan fingerprint density at radius 1 is 1.00 bits per heavy atom. The number of anilines is 1. The van der Waals surface area contributed by atoms with E-state index in [1.54, 1.807) is 0 Å². The number of amides is 1. The molecular formula is C23H28N6O. The number of aryl methyl sites for hydroxylation is 1. The average molecular weight is 405 g/mol. The molecule has 3 aromatic rings. The van der Waals surface area contributed by atoms with Crippen molar-refractivity contribution in [3.8, 4) is 5.69 Å². The van der Waals surface area contributed by atoms with E-state index in [-0.39, 0.29) is 5.91 Å². The maximum Gasteiger partial charge on any atom is 0.220 e. The predicted octanol–water partition coefficient (Wildman–Crippen LogP) is 2.27. The van der Waals surface area contributed by atoms with Gasteiger partial charge in [-0.3, -0.25) is 4.79 Å². The van der Waals surface area contributed by atoms with E-state index < -0.39 is 0 Å². The maximum absolute atomic E-state index is 12.2. The number of nitrogens with zero attached hydrogens (tertiary/aromatic N) is 5. The van der Waals surface area contributed by atoms with Crippen LogP contribution >= 0.6 is 0 Å². The Kier molecular flexibility index (Phi) is 6.39. The van der Waals surface area contributed by atoms with Gasteiger partial charge in [0.05, 0.1) is 11.9 Å². The van der Waals surface area contributed by atoms with Gasteiger partial charge in [0, 0.05) is 51.5 Å². The predicted molar refractivity (Wildman–Crippen MR) is 118 cm³/mol. The van der Waals surface area contributed by atoms with Gasteiger partial charge in [0.15, 0.2) is 0 Å². The van der Waals surface area contributed by atoms with Crippen LogP contribution in [-0.4, -0.2) is 58.8 Å². The van der Waals surface area contributed by atoms with Crippen LogP contribution in [0.15, 0.2) is 61.1 Å². The minimum atomic E-state index is 0.0330. The molecule has 1 N–H and O–H groups in total. The van der Waals surface area contributed by atoms with Crippen molar-refractivity contribution in [3.05, 3.63) is 72.2 Å². The summed E-state index contributed by atoms with van der Waals surface area (Å²) in [5.41, 5.74) is 3.08. The summed E-state index contributed by atoms with van der Waals surface area (Å²) < 4.78 is 1.83. The molecule has 0 saturated carbocycles. The van der Waals surface area contributed by atoms with Crippen LogP contribution in [0, 0.1) is 0 Å². The van der Waals surface area contributed by atoms with Gasteiger partial charge in [0.2, 0.25) is 5.91 Å². The lowest BCUT2D eigenvalue weighted by molar-refractivity contribution is -0.121. The molecule has 7 heteroatoms. The lowest BCUT2D eigenvalue weighted by Gasteiger charge is -2.33. The monoisotopic (exact) mass is 404 g/mol. The molecule has 4 rings (SSSR count). The second-order valence-electron chi connectivity index (χ2n) is 7.72. The number of nitrogens with one attached hydrogen (secondary N) is 1. The molecule has 0 radical (unpaired) electrons. The minimum Gasteiger partial charge on any atom is -0.354 e. The van der Waals surface area contributed by atoms with Crippen LogP contribution in [-0.2, 0) is 17.8 Å². The van der Waals surface area contributed by atoms with Gasteiger partial charge in [-0.15, -0.1) is 0 Å². The van der Waals surface area contributed by atoms with Crippen molar-refractivity contribution in [2.75, 3.05) is 38.1 Å². The molecule has 7 nitrogen and oxygen atoms in total. The molecule has 3 heterocycles. The normalized spacial score (nSPS) is 14.6. The number of hydrogen-bond donors (Lipinski definition) is 1. The lowest BCUT2D eigenvalue weighted by atomic mass is 10.2. The van der Waals surface area contributed by atoms with E-state index in [2.05, 4.69) is 32.2 Å². The first-order valence-corrected chi connectivity index (χ1v) is 10.4. The van der Waals surface area contributed by atoms with Gasteiger partial charge in [-0.2, -0.15) is 5.10 Å². The zero-order chi connectivity index (χ0) is 20.8. The molecule has 1 amide bonds. The van der Waals surface area contributed by atoms with Crippen LogP contribution in [0.3, 0.4) is 0 Å². The molecule has 1 aliphatic heterocycles. The first-order chi connectivity index (χ1) is 14.7. The van der Waals surface area contributed by atoms with Gasteiger partial charge < -0.3 is 15.1 Å². The first-order valence-electron chi connectivity index (χ1n) is 10.4. The summed E-state index contributed by atoms with van der Waals surface area (Å²) >= 11 is 0. The summed E-state index contributed by atoms with van der Waals surface area (Å²) in [5, 5.41) is 7.36. The van der Waals surface area contributed by atoms with Gasteiger partial charge in [0.1, 0.15) is 5.82 Å². The number of rotatable bonds is 7. The highest BCUT2D eigenvalue weighted by atomic mass is 16.1. The number of likely N-dealkylation sites (N-methyl/N-ethyl adjacent to an activating group) is 1. The number of piperazine rings is 1. The van der Waals surface area contributed by atoms with Crippen molar-refractivity contribution < 1.29 is 4.79 Å². The smallest absolute Gasteiger partial charge is 0.220 e. The highest BCUT2D eigenvalue weighted by Gasteiger charge is 2.15. The third kappa shape index (κ3) is 5.24. The van der Waals surface area contributed by atoms with Gasteiger partial charge in [-0.25, -0.2) is 9.67 Å². The average Bonchev–Trinajstić information content (AvgIpc) is 3.27. The Morgan fingerprint density at radius 2 is 1.80 bits per heavy atom. The van der Waals surface area contributed by atoms with Gasteiger partial charge in [-0.05, 0) is 42.8 Å². The van der Waals surface area contributed by atoms with Crippen LogP contribution in [0.4, 0.5) is 5.82 Å². The molecule has 156 valence electrons. The lowest BCUT2D eigenvalue weighted by Crippen LogP contribution is -2.44. The SMILES string of the molecule is CN1CCN(c2ccc(CNC(=O)CCc3cnn(-c4ccccc4)c3)cn2)CC1. The van der Waals surface area contributed by atoms with E-state index in [0.29, 0.717) is 19.4 Å². The second kappa shape index (κ2) is 9.54. The molecule has 30 heavy (non-hydrogen) atoms. The highest BCUT2D eigenvalue weighted by Crippen LogP contribution is 2.14. The summed E-state index contributed by atoms with van der Waals surface area (Å²) in [6.07, 6.45) is 6.76. The summed E-state index contributed by atoms with van der Waals surface area (Å²) in [6, 6.07) is 14.1. The maximum atomic E-state index is 12.2. The molecule has 0 unspecified atom stereocenters. The standard InChI is InChI=1S/C23H28N6O/c1-27-11-13-28(14-12-27)22-9-7-19(15-24-22)16-25-23(30)10-8-20-17-26-29(18-20)21-5-3-2-4-6-21/h2-7,9,15,17-18H,8,10-14,16H2,1H3,(H,25,30). The van der Waals surface area contributed by atoms with Gasteiger partial charge in [-0.1, -0.05) is 24.3 Å². The molecule has 0 atom stereocenters. The van der Waals surface area contributed by atoms with Crippen molar-refractivity contribution >= 4 is 11.7 Å². The Bertz CT molecular complexity index is 945. The summed E-state index contributed by atoms with van der Waals surface area (Å²) in [5.74, 6) is 1.04. The van der Waals surface area contributed by atoms with Crippen molar-refractivity contribution in [1.82, 2.24) is 25.0 Å². The summed E-state index contributed by atoms with van der Waals surface area (Å²) in [4.78, 5) is 21.4. The fraction of sp³-hybridized carbons (Fsp3) is 0.348.